The molecule has 2 heterocycles. The van der Waals surface area contributed by atoms with Gasteiger partial charge in [0.05, 0.1) is 12.2 Å². The van der Waals surface area contributed by atoms with Crippen molar-refractivity contribution in [2.45, 2.75) is 37.2 Å². The predicted molar refractivity (Wildman–Crippen MR) is 94.5 cm³/mol. The van der Waals surface area contributed by atoms with E-state index in [1.165, 1.54) is 6.20 Å². The third kappa shape index (κ3) is 3.06. The Hall–Kier alpha value is -1.86. The van der Waals surface area contributed by atoms with E-state index < -0.39 is 10.0 Å². The van der Waals surface area contributed by atoms with Gasteiger partial charge in [0.15, 0.2) is 0 Å². The van der Waals surface area contributed by atoms with E-state index in [0.717, 1.165) is 24.1 Å². The van der Waals surface area contributed by atoms with Crippen molar-refractivity contribution < 1.29 is 8.42 Å². The highest BCUT2D eigenvalue weighted by Gasteiger charge is 2.36. The number of benzene rings is 1. The van der Waals surface area contributed by atoms with Gasteiger partial charge in [-0.05, 0) is 37.5 Å². The average Bonchev–Trinajstić information content (AvgIpc) is 3.24. The van der Waals surface area contributed by atoms with Gasteiger partial charge in [-0.25, -0.2) is 8.42 Å². The molecule has 0 radical (unpaired) electrons. The second-order valence-electron chi connectivity index (χ2n) is 6.29. The number of anilines is 1. The number of sulfonamides is 1. The van der Waals surface area contributed by atoms with Crippen molar-refractivity contribution in [3.63, 3.8) is 0 Å². The van der Waals surface area contributed by atoms with Crippen molar-refractivity contribution in [3.05, 3.63) is 42.2 Å². The lowest BCUT2D eigenvalue weighted by Gasteiger charge is -2.25. The molecule has 1 aromatic carbocycles. The molecule has 0 amide bonds. The number of aromatic nitrogens is 2. The molecule has 0 aliphatic carbocycles. The van der Waals surface area contributed by atoms with Gasteiger partial charge in [0.2, 0.25) is 10.0 Å². The average molecular weight is 348 g/mol. The fourth-order valence-electron chi connectivity index (χ4n) is 3.16. The number of aryl methyl sites for hydroxylation is 1. The number of hydrogen-bond acceptors (Lipinski definition) is 4. The van der Waals surface area contributed by atoms with Crippen LogP contribution in [0.1, 0.15) is 31.4 Å². The van der Waals surface area contributed by atoms with E-state index in [0.29, 0.717) is 13.1 Å². The summed E-state index contributed by atoms with van der Waals surface area (Å²) >= 11 is 0. The van der Waals surface area contributed by atoms with Gasteiger partial charge in [-0.15, -0.1) is 0 Å². The molecule has 6 nitrogen and oxygen atoms in total. The van der Waals surface area contributed by atoms with Crippen molar-refractivity contribution in [2.24, 2.45) is 0 Å². The second-order valence-corrected chi connectivity index (χ2v) is 8.19. The molecule has 24 heavy (non-hydrogen) atoms. The lowest BCUT2D eigenvalue weighted by molar-refractivity contribution is 0.396. The minimum absolute atomic E-state index is 0.111. The van der Waals surface area contributed by atoms with Crippen LogP contribution >= 0.6 is 0 Å². The normalized spacial score (nSPS) is 18.9. The van der Waals surface area contributed by atoms with E-state index in [1.54, 1.807) is 15.2 Å². The lowest BCUT2D eigenvalue weighted by Crippen LogP contribution is -2.30. The number of hydrogen-bond donors (Lipinski definition) is 0. The van der Waals surface area contributed by atoms with Crippen LogP contribution in [0.2, 0.25) is 0 Å². The van der Waals surface area contributed by atoms with Gasteiger partial charge in [0.25, 0.3) is 0 Å². The van der Waals surface area contributed by atoms with Crippen LogP contribution in [0.3, 0.4) is 0 Å². The van der Waals surface area contributed by atoms with Crippen molar-refractivity contribution in [1.82, 2.24) is 14.1 Å². The first kappa shape index (κ1) is 17.0. The van der Waals surface area contributed by atoms with Gasteiger partial charge in [0.1, 0.15) is 4.90 Å². The van der Waals surface area contributed by atoms with Crippen LogP contribution in [-0.4, -0.2) is 43.1 Å². The van der Waals surface area contributed by atoms with Gasteiger partial charge >= 0.3 is 0 Å². The molecule has 7 heteroatoms. The molecular weight excluding hydrogens is 324 g/mol. The van der Waals surface area contributed by atoms with Crippen LogP contribution < -0.4 is 4.90 Å². The SMILES string of the molecule is CCn1cc(S(=O)(=O)N2CCCC2c2cccc(N(C)C)c2)cn1. The van der Waals surface area contributed by atoms with E-state index in [1.807, 2.05) is 44.1 Å². The Morgan fingerprint density at radius 2 is 2.12 bits per heavy atom. The summed E-state index contributed by atoms with van der Waals surface area (Å²) in [5, 5.41) is 4.11. The number of nitrogens with zero attached hydrogens (tertiary/aromatic N) is 4. The van der Waals surface area contributed by atoms with E-state index in [9.17, 15) is 8.42 Å². The van der Waals surface area contributed by atoms with E-state index >= 15 is 0 Å². The lowest BCUT2D eigenvalue weighted by atomic mass is 10.0. The summed E-state index contributed by atoms with van der Waals surface area (Å²) in [5.41, 5.74) is 2.13. The van der Waals surface area contributed by atoms with Crippen molar-refractivity contribution in [2.75, 3.05) is 25.5 Å². The molecule has 1 aliphatic rings. The summed E-state index contributed by atoms with van der Waals surface area (Å²) in [6.45, 7) is 3.15. The van der Waals surface area contributed by atoms with Crippen LogP contribution in [0.15, 0.2) is 41.6 Å². The van der Waals surface area contributed by atoms with Crippen LogP contribution in [-0.2, 0) is 16.6 Å². The fourth-order valence-corrected chi connectivity index (χ4v) is 4.79. The minimum Gasteiger partial charge on any atom is -0.378 e. The summed E-state index contributed by atoms with van der Waals surface area (Å²) in [7, 11) is 0.453. The third-order valence-electron chi connectivity index (χ3n) is 4.52. The highest BCUT2D eigenvalue weighted by atomic mass is 32.2. The van der Waals surface area contributed by atoms with Crippen LogP contribution in [0.4, 0.5) is 5.69 Å². The maximum Gasteiger partial charge on any atom is 0.246 e. The van der Waals surface area contributed by atoms with Gasteiger partial charge in [-0.1, -0.05) is 12.1 Å². The first-order valence-corrected chi connectivity index (χ1v) is 9.69. The molecule has 0 saturated carbocycles. The Morgan fingerprint density at radius 1 is 1.33 bits per heavy atom. The third-order valence-corrected chi connectivity index (χ3v) is 6.38. The molecular formula is C17H24N4O2S. The summed E-state index contributed by atoms with van der Waals surface area (Å²) in [5.74, 6) is 0. The fraction of sp³-hybridized carbons (Fsp3) is 0.471. The van der Waals surface area contributed by atoms with Gasteiger partial charge in [0, 0.05) is 39.1 Å². The quantitative estimate of drug-likeness (QED) is 0.833. The van der Waals surface area contributed by atoms with E-state index in [2.05, 4.69) is 11.2 Å². The Bertz CT molecular complexity index is 814. The summed E-state index contributed by atoms with van der Waals surface area (Å²) in [6.07, 6.45) is 4.78. The van der Waals surface area contributed by atoms with Gasteiger partial charge in [-0.3, -0.25) is 4.68 Å². The molecule has 1 aliphatic heterocycles. The topological polar surface area (TPSA) is 58.4 Å². The molecule has 130 valence electrons. The molecule has 1 aromatic heterocycles. The zero-order valence-corrected chi connectivity index (χ0v) is 15.2. The molecule has 1 saturated heterocycles. The first-order chi connectivity index (χ1) is 11.4. The van der Waals surface area contributed by atoms with E-state index in [4.69, 9.17) is 0 Å². The van der Waals surface area contributed by atoms with Gasteiger partial charge in [-0.2, -0.15) is 9.40 Å². The largest absolute Gasteiger partial charge is 0.378 e. The van der Waals surface area contributed by atoms with Crippen molar-refractivity contribution >= 4 is 15.7 Å². The number of rotatable bonds is 5. The highest BCUT2D eigenvalue weighted by molar-refractivity contribution is 7.89. The molecule has 1 atom stereocenters. The van der Waals surface area contributed by atoms with Gasteiger partial charge < -0.3 is 4.90 Å². The molecule has 1 unspecified atom stereocenters. The molecule has 0 bridgehead atoms. The smallest absolute Gasteiger partial charge is 0.246 e. The zero-order valence-electron chi connectivity index (χ0n) is 14.4. The predicted octanol–water partition coefficient (Wildman–Crippen LogP) is 2.49. The summed E-state index contributed by atoms with van der Waals surface area (Å²) in [4.78, 5) is 2.31. The Labute approximate surface area is 143 Å². The molecule has 1 fully saturated rings. The van der Waals surface area contributed by atoms with Crippen molar-refractivity contribution in [1.29, 1.82) is 0 Å². The molecule has 2 aromatic rings. The molecule has 0 N–H and O–H groups in total. The van der Waals surface area contributed by atoms with E-state index in [-0.39, 0.29) is 10.9 Å². The van der Waals surface area contributed by atoms with Crippen LogP contribution in [0.5, 0.6) is 0 Å². The second kappa shape index (κ2) is 6.57. The Balaban J connectivity index is 1.94. The minimum atomic E-state index is -3.52. The highest BCUT2D eigenvalue weighted by Crippen LogP contribution is 2.37. The molecule has 0 spiro atoms. The Kier molecular flexibility index (Phi) is 4.64. The standard InChI is InChI=1S/C17H24N4O2S/c1-4-20-13-16(12-18-20)24(22,23)21-10-6-9-17(21)14-7-5-8-15(11-14)19(2)3/h5,7-8,11-13,17H,4,6,9-10H2,1-3H3. The molecule has 3 rings (SSSR count). The maximum absolute atomic E-state index is 13.0. The maximum atomic E-state index is 13.0. The summed E-state index contributed by atoms with van der Waals surface area (Å²) in [6, 6.07) is 8.00. The van der Waals surface area contributed by atoms with Crippen LogP contribution in [0, 0.1) is 0 Å². The van der Waals surface area contributed by atoms with Crippen molar-refractivity contribution in [3.8, 4) is 0 Å². The first-order valence-electron chi connectivity index (χ1n) is 8.25. The van der Waals surface area contributed by atoms with Crippen LogP contribution in [0.25, 0.3) is 0 Å². The monoisotopic (exact) mass is 348 g/mol. The Morgan fingerprint density at radius 3 is 2.79 bits per heavy atom. The zero-order chi connectivity index (χ0) is 17.3. The summed E-state index contributed by atoms with van der Waals surface area (Å²) < 4.78 is 29.3.